The Hall–Kier alpha value is -2.57. The molecule has 0 aliphatic carbocycles. The van der Waals surface area contributed by atoms with Crippen LogP contribution < -0.4 is 14.8 Å². The maximum absolute atomic E-state index is 12.4. The van der Waals surface area contributed by atoms with E-state index in [0.29, 0.717) is 25.5 Å². The zero-order valence-electron chi connectivity index (χ0n) is 17.4. The molecule has 6 heteroatoms. The van der Waals surface area contributed by atoms with E-state index in [2.05, 4.69) is 29.3 Å². The number of ether oxygens (including phenoxy) is 3. The Labute approximate surface area is 172 Å². The maximum Gasteiger partial charge on any atom is 0.258 e. The van der Waals surface area contributed by atoms with Gasteiger partial charge >= 0.3 is 0 Å². The highest BCUT2D eigenvalue weighted by Gasteiger charge is 2.23. The Kier molecular flexibility index (Phi) is 7.49. The van der Waals surface area contributed by atoms with E-state index in [9.17, 15) is 4.79 Å². The number of carbonyl (C=O) groups excluding carboxylic acids is 1. The van der Waals surface area contributed by atoms with Gasteiger partial charge in [-0.2, -0.15) is 0 Å². The van der Waals surface area contributed by atoms with Crippen molar-refractivity contribution in [1.82, 2.24) is 10.2 Å². The second kappa shape index (κ2) is 10.3. The number of methoxy groups -OCH3 is 1. The van der Waals surface area contributed by atoms with Crippen molar-refractivity contribution >= 4 is 5.91 Å². The van der Waals surface area contributed by atoms with Crippen LogP contribution in [-0.2, 0) is 9.53 Å². The van der Waals surface area contributed by atoms with E-state index in [1.54, 1.807) is 7.11 Å². The summed E-state index contributed by atoms with van der Waals surface area (Å²) in [5.74, 6) is 1.40. The number of hydrogen-bond donors (Lipinski definition) is 1. The van der Waals surface area contributed by atoms with E-state index in [1.807, 2.05) is 37.3 Å². The number of morpholine rings is 1. The Morgan fingerprint density at radius 3 is 2.41 bits per heavy atom. The fourth-order valence-corrected chi connectivity index (χ4v) is 3.39. The predicted octanol–water partition coefficient (Wildman–Crippen LogP) is 2.88. The fraction of sp³-hybridized carbons (Fsp3) is 0.435. The Morgan fingerprint density at radius 1 is 1.07 bits per heavy atom. The minimum Gasteiger partial charge on any atom is -0.497 e. The van der Waals surface area contributed by atoms with Crippen LogP contribution >= 0.6 is 0 Å². The lowest BCUT2D eigenvalue weighted by Gasteiger charge is -2.35. The van der Waals surface area contributed by atoms with Gasteiger partial charge in [0.1, 0.15) is 11.5 Å². The van der Waals surface area contributed by atoms with E-state index in [4.69, 9.17) is 14.2 Å². The molecule has 1 atom stereocenters. The first-order valence-electron chi connectivity index (χ1n) is 9.99. The minimum atomic E-state index is -0.130. The molecular formula is C23H30N2O4. The lowest BCUT2D eigenvalue weighted by Crippen LogP contribution is -2.44. The largest absolute Gasteiger partial charge is 0.497 e. The van der Waals surface area contributed by atoms with Crippen LogP contribution in [0.2, 0.25) is 0 Å². The number of aryl methyl sites for hydroxylation is 2. The number of nitrogens with one attached hydrogen (secondary N) is 1. The molecular weight excluding hydrogens is 368 g/mol. The highest BCUT2D eigenvalue weighted by Crippen LogP contribution is 2.23. The summed E-state index contributed by atoms with van der Waals surface area (Å²) in [6.07, 6.45) is 0. The molecule has 3 rings (SSSR count). The van der Waals surface area contributed by atoms with Gasteiger partial charge in [0, 0.05) is 19.6 Å². The van der Waals surface area contributed by atoms with Gasteiger partial charge in [-0.25, -0.2) is 0 Å². The molecule has 0 spiro atoms. The first-order chi connectivity index (χ1) is 14.1. The normalized spacial score (nSPS) is 15.6. The summed E-state index contributed by atoms with van der Waals surface area (Å²) in [5, 5.41) is 3.03. The Bertz CT molecular complexity index is 801. The number of rotatable bonds is 8. The molecule has 0 bridgehead atoms. The summed E-state index contributed by atoms with van der Waals surface area (Å²) in [5.41, 5.74) is 3.49. The number of carbonyl (C=O) groups is 1. The molecule has 1 unspecified atom stereocenters. The van der Waals surface area contributed by atoms with Crippen molar-refractivity contribution in [3.63, 3.8) is 0 Å². The number of hydrogen-bond acceptors (Lipinski definition) is 5. The molecule has 1 aliphatic rings. The minimum absolute atomic E-state index is 0.000937. The lowest BCUT2D eigenvalue weighted by molar-refractivity contribution is -0.123. The maximum atomic E-state index is 12.4. The molecule has 29 heavy (non-hydrogen) atoms. The summed E-state index contributed by atoms with van der Waals surface area (Å²) in [4.78, 5) is 14.7. The lowest BCUT2D eigenvalue weighted by atomic mass is 10.0. The van der Waals surface area contributed by atoms with Crippen LogP contribution in [0.3, 0.4) is 0 Å². The average molecular weight is 399 g/mol. The zero-order valence-corrected chi connectivity index (χ0v) is 17.4. The second-order valence-corrected chi connectivity index (χ2v) is 7.28. The van der Waals surface area contributed by atoms with E-state index in [0.717, 1.165) is 30.0 Å². The van der Waals surface area contributed by atoms with Gasteiger partial charge in [0.05, 0.1) is 26.4 Å². The summed E-state index contributed by atoms with van der Waals surface area (Å²) < 4.78 is 16.4. The monoisotopic (exact) mass is 398 g/mol. The molecule has 0 aromatic heterocycles. The van der Waals surface area contributed by atoms with E-state index in [1.165, 1.54) is 5.56 Å². The van der Waals surface area contributed by atoms with Gasteiger partial charge in [0.2, 0.25) is 0 Å². The third-order valence-corrected chi connectivity index (χ3v) is 5.33. The predicted molar refractivity (Wildman–Crippen MR) is 113 cm³/mol. The topological polar surface area (TPSA) is 60.0 Å². The van der Waals surface area contributed by atoms with Crippen molar-refractivity contribution in [3.05, 3.63) is 59.2 Å². The molecule has 156 valence electrons. The number of nitrogens with zero attached hydrogens (tertiary/aromatic N) is 1. The van der Waals surface area contributed by atoms with Gasteiger partial charge in [-0.15, -0.1) is 0 Å². The molecule has 0 radical (unpaired) electrons. The van der Waals surface area contributed by atoms with Gasteiger partial charge in [-0.05, 0) is 54.8 Å². The van der Waals surface area contributed by atoms with Crippen molar-refractivity contribution in [2.75, 3.05) is 46.6 Å². The van der Waals surface area contributed by atoms with Crippen molar-refractivity contribution in [1.29, 1.82) is 0 Å². The van der Waals surface area contributed by atoms with Crippen LogP contribution in [0.25, 0.3) is 0 Å². The summed E-state index contributed by atoms with van der Waals surface area (Å²) in [7, 11) is 1.66. The van der Waals surface area contributed by atoms with E-state index in [-0.39, 0.29) is 18.6 Å². The quantitative estimate of drug-likeness (QED) is 0.741. The first-order valence-corrected chi connectivity index (χ1v) is 9.99. The van der Waals surface area contributed by atoms with Crippen LogP contribution in [0, 0.1) is 13.8 Å². The van der Waals surface area contributed by atoms with Crippen molar-refractivity contribution < 1.29 is 19.0 Å². The Balaban J connectivity index is 1.59. The number of amides is 1. The van der Waals surface area contributed by atoms with Crippen LogP contribution in [0.4, 0.5) is 0 Å². The smallest absolute Gasteiger partial charge is 0.258 e. The van der Waals surface area contributed by atoms with Crippen molar-refractivity contribution in [2.45, 2.75) is 19.9 Å². The first kappa shape index (κ1) is 21.1. The Morgan fingerprint density at radius 2 is 1.76 bits per heavy atom. The van der Waals surface area contributed by atoms with Gasteiger partial charge in [-0.1, -0.05) is 18.2 Å². The van der Waals surface area contributed by atoms with Gasteiger partial charge in [0.25, 0.3) is 5.91 Å². The third kappa shape index (κ3) is 5.95. The summed E-state index contributed by atoms with van der Waals surface area (Å²) in [6, 6.07) is 13.9. The second-order valence-electron chi connectivity index (χ2n) is 7.28. The SMILES string of the molecule is COc1ccc(C(CNC(=O)COc2ccc(C)c(C)c2)N2CCOCC2)cc1. The molecule has 1 heterocycles. The molecule has 2 aromatic rings. The fourth-order valence-electron chi connectivity index (χ4n) is 3.39. The molecule has 2 aromatic carbocycles. The van der Waals surface area contributed by atoms with Crippen LogP contribution in [0.15, 0.2) is 42.5 Å². The van der Waals surface area contributed by atoms with Crippen LogP contribution in [0.5, 0.6) is 11.5 Å². The average Bonchev–Trinajstić information content (AvgIpc) is 2.76. The number of benzene rings is 2. The summed E-state index contributed by atoms with van der Waals surface area (Å²) in [6.45, 7) is 7.69. The van der Waals surface area contributed by atoms with Crippen molar-refractivity contribution in [3.8, 4) is 11.5 Å². The van der Waals surface area contributed by atoms with Gasteiger partial charge in [-0.3, -0.25) is 9.69 Å². The van der Waals surface area contributed by atoms with E-state index >= 15 is 0 Å². The van der Waals surface area contributed by atoms with Crippen LogP contribution in [-0.4, -0.2) is 57.4 Å². The molecule has 0 saturated carbocycles. The molecule has 1 fully saturated rings. The highest BCUT2D eigenvalue weighted by atomic mass is 16.5. The molecule has 1 aliphatic heterocycles. The summed E-state index contributed by atoms with van der Waals surface area (Å²) >= 11 is 0. The standard InChI is InChI=1S/C23H30N2O4/c1-17-4-7-21(14-18(17)2)29-16-23(26)24-15-22(25-10-12-28-13-11-25)19-5-8-20(27-3)9-6-19/h4-9,14,22H,10-13,15-16H2,1-3H3,(H,24,26). The van der Waals surface area contributed by atoms with Gasteiger partial charge < -0.3 is 19.5 Å². The molecule has 1 amide bonds. The molecule has 1 saturated heterocycles. The van der Waals surface area contributed by atoms with Gasteiger partial charge in [0.15, 0.2) is 6.61 Å². The third-order valence-electron chi connectivity index (χ3n) is 5.33. The van der Waals surface area contributed by atoms with Crippen LogP contribution in [0.1, 0.15) is 22.7 Å². The van der Waals surface area contributed by atoms with Crippen molar-refractivity contribution in [2.24, 2.45) is 0 Å². The molecule has 1 N–H and O–H groups in total. The van der Waals surface area contributed by atoms with E-state index < -0.39 is 0 Å². The molecule has 6 nitrogen and oxygen atoms in total. The highest BCUT2D eigenvalue weighted by molar-refractivity contribution is 5.77. The zero-order chi connectivity index (χ0) is 20.6.